The lowest BCUT2D eigenvalue weighted by Gasteiger charge is -2.29. The second kappa shape index (κ2) is 3.82. The molecule has 0 aromatic heterocycles. The Morgan fingerprint density at radius 3 is 2.81 bits per heavy atom. The zero-order valence-corrected chi connectivity index (χ0v) is 8.49. The third-order valence-corrected chi connectivity index (χ3v) is 2.31. The van der Waals surface area contributed by atoms with E-state index >= 15 is 0 Å². The third kappa shape index (κ3) is 1.49. The highest BCUT2D eigenvalue weighted by Crippen LogP contribution is 2.29. The van der Waals surface area contributed by atoms with Crippen molar-refractivity contribution in [2.75, 3.05) is 7.11 Å². The minimum atomic E-state index is -1.28. The molecule has 1 aliphatic heterocycles. The maximum Gasteiger partial charge on any atom is 0.430 e. The van der Waals surface area contributed by atoms with Crippen LogP contribution in [0.4, 0.5) is 4.79 Å². The van der Waals surface area contributed by atoms with Gasteiger partial charge >= 0.3 is 6.09 Å². The number of aliphatic hydroxyl groups is 1. The zero-order valence-electron chi connectivity index (χ0n) is 8.49. The van der Waals surface area contributed by atoms with Crippen molar-refractivity contribution in [3.63, 3.8) is 0 Å². The predicted octanol–water partition coefficient (Wildman–Crippen LogP) is 1.54. The van der Waals surface area contributed by atoms with Crippen molar-refractivity contribution in [1.29, 1.82) is 0 Å². The second-order valence-corrected chi connectivity index (χ2v) is 3.23. The highest BCUT2D eigenvalue weighted by atomic mass is 16.5. The van der Waals surface area contributed by atoms with Gasteiger partial charge in [-0.15, -0.1) is 5.10 Å². The number of aliphatic hydroxyl groups excluding tert-OH is 1. The first-order valence-corrected chi connectivity index (χ1v) is 4.57. The SMILES string of the molecule is COC1c2ccccc2C(O)=NN1C(=O)O. The van der Waals surface area contributed by atoms with E-state index in [0.29, 0.717) is 16.1 Å². The lowest BCUT2D eigenvalue weighted by atomic mass is 10.0. The minimum Gasteiger partial charge on any atom is -0.492 e. The van der Waals surface area contributed by atoms with Crippen molar-refractivity contribution >= 4 is 12.0 Å². The number of rotatable bonds is 1. The Morgan fingerprint density at radius 1 is 1.50 bits per heavy atom. The van der Waals surface area contributed by atoms with Crippen LogP contribution in [0.3, 0.4) is 0 Å². The molecular formula is C10H10N2O4. The highest BCUT2D eigenvalue weighted by molar-refractivity contribution is 5.95. The molecule has 1 aromatic carbocycles. The number of fused-ring (bicyclic) bond motifs is 1. The molecule has 1 amide bonds. The lowest BCUT2D eigenvalue weighted by Crippen LogP contribution is -2.35. The molecule has 0 bridgehead atoms. The van der Waals surface area contributed by atoms with Gasteiger partial charge in [-0.05, 0) is 6.07 Å². The van der Waals surface area contributed by atoms with Crippen molar-refractivity contribution in [2.24, 2.45) is 5.10 Å². The van der Waals surface area contributed by atoms with E-state index in [1.807, 2.05) is 0 Å². The van der Waals surface area contributed by atoms with E-state index < -0.39 is 12.3 Å². The van der Waals surface area contributed by atoms with E-state index in [1.165, 1.54) is 7.11 Å². The van der Waals surface area contributed by atoms with E-state index in [2.05, 4.69) is 5.10 Å². The van der Waals surface area contributed by atoms with E-state index in [0.717, 1.165) is 0 Å². The molecule has 1 unspecified atom stereocenters. The smallest absolute Gasteiger partial charge is 0.430 e. The largest absolute Gasteiger partial charge is 0.492 e. The Kier molecular flexibility index (Phi) is 2.49. The fraction of sp³-hybridized carbons (Fsp3) is 0.200. The first-order valence-electron chi connectivity index (χ1n) is 4.57. The summed E-state index contributed by atoms with van der Waals surface area (Å²) in [7, 11) is 1.38. The molecule has 1 aliphatic rings. The molecule has 84 valence electrons. The molecule has 0 fully saturated rings. The summed E-state index contributed by atoms with van der Waals surface area (Å²) in [5.74, 6) is -0.327. The van der Waals surface area contributed by atoms with Gasteiger partial charge < -0.3 is 14.9 Å². The second-order valence-electron chi connectivity index (χ2n) is 3.23. The standard InChI is InChI=1S/C10H10N2O4/c1-16-9-7-5-3-2-4-6(7)8(13)11-12(9)10(14)15/h2-5,9H,1H3,(H,11,13)(H,14,15). The maximum atomic E-state index is 10.9. The number of hydrogen-bond donors (Lipinski definition) is 2. The van der Waals surface area contributed by atoms with Crippen LogP contribution in [0.5, 0.6) is 0 Å². The van der Waals surface area contributed by atoms with Crippen LogP contribution >= 0.6 is 0 Å². The Hall–Kier alpha value is -2.08. The topological polar surface area (TPSA) is 82.4 Å². The number of hydrogen-bond acceptors (Lipinski definition) is 3. The van der Waals surface area contributed by atoms with Crippen LogP contribution in [0.15, 0.2) is 29.4 Å². The monoisotopic (exact) mass is 222 g/mol. The maximum absolute atomic E-state index is 10.9. The molecule has 1 heterocycles. The summed E-state index contributed by atoms with van der Waals surface area (Å²) in [6.07, 6.45) is -2.11. The Balaban J connectivity index is 2.54. The molecule has 1 aromatic rings. The Morgan fingerprint density at radius 2 is 2.19 bits per heavy atom. The summed E-state index contributed by atoms with van der Waals surface area (Å²) in [5.41, 5.74) is 1.05. The summed E-state index contributed by atoms with van der Waals surface area (Å²) in [5, 5.41) is 22.7. The molecule has 16 heavy (non-hydrogen) atoms. The predicted molar refractivity (Wildman–Crippen MR) is 55.2 cm³/mol. The summed E-state index contributed by atoms with van der Waals surface area (Å²) < 4.78 is 5.07. The number of benzene rings is 1. The number of ether oxygens (including phenoxy) is 1. The van der Waals surface area contributed by atoms with Gasteiger partial charge in [-0.25, -0.2) is 4.79 Å². The van der Waals surface area contributed by atoms with Crippen LogP contribution in [-0.2, 0) is 4.74 Å². The van der Waals surface area contributed by atoms with Gasteiger partial charge in [0.15, 0.2) is 6.23 Å². The molecule has 2 N–H and O–H groups in total. The average molecular weight is 222 g/mol. The van der Waals surface area contributed by atoms with E-state index in [4.69, 9.17) is 9.84 Å². The van der Waals surface area contributed by atoms with Crippen LogP contribution in [-0.4, -0.2) is 34.3 Å². The normalized spacial score (nSPS) is 18.9. The van der Waals surface area contributed by atoms with Crippen molar-refractivity contribution in [3.8, 4) is 0 Å². The Bertz CT molecular complexity index is 458. The summed E-state index contributed by atoms with van der Waals surface area (Å²) >= 11 is 0. The number of hydrazone groups is 1. The molecular weight excluding hydrogens is 212 g/mol. The Labute approximate surface area is 91.4 Å². The number of methoxy groups -OCH3 is 1. The van der Waals surface area contributed by atoms with Gasteiger partial charge in [0.1, 0.15) is 0 Å². The summed E-state index contributed by atoms with van der Waals surface area (Å²) in [6, 6.07) is 6.81. The van der Waals surface area contributed by atoms with Crippen LogP contribution in [0.25, 0.3) is 0 Å². The lowest BCUT2D eigenvalue weighted by molar-refractivity contribution is -0.0261. The molecule has 0 spiro atoms. The van der Waals surface area contributed by atoms with Gasteiger partial charge in [-0.2, -0.15) is 5.01 Å². The molecule has 0 radical (unpaired) electrons. The molecule has 0 saturated carbocycles. The molecule has 2 rings (SSSR count). The first kappa shape index (κ1) is 10.4. The van der Waals surface area contributed by atoms with Crippen LogP contribution in [0.1, 0.15) is 17.4 Å². The highest BCUT2D eigenvalue weighted by Gasteiger charge is 2.32. The van der Waals surface area contributed by atoms with Crippen molar-refractivity contribution in [3.05, 3.63) is 35.4 Å². The van der Waals surface area contributed by atoms with Gasteiger partial charge in [0, 0.05) is 18.2 Å². The van der Waals surface area contributed by atoms with Gasteiger partial charge in [0.2, 0.25) is 5.90 Å². The average Bonchev–Trinajstić information content (AvgIpc) is 2.29. The molecule has 0 saturated heterocycles. The first-order chi connectivity index (χ1) is 7.65. The van der Waals surface area contributed by atoms with E-state index in [9.17, 15) is 9.90 Å². The zero-order chi connectivity index (χ0) is 11.7. The number of carboxylic acid groups (broad SMARTS) is 1. The van der Waals surface area contributed by atoms with Gasteiger partial charge in [-0.1, -0.05) is 18.2 Å². The van der Waals surface area contributed by atoms with Crippen molar-refractivity contribution in [2.45, 2.75) is 6.23 Å². The quantitative estimate of drug-likeness (QED) is 0.755. The van der Waals surface area contributed by atoms with Crippen LogP contribution < -0.4 is 0 Å². The van der Waals surface area contributed by atoms with Crippen LogP contribution in [0.2, 0.25) is 0 Å². The molecule has 1 atom stereocenters. The van der Waals surface area contributed by atoms with Gasteiger partial charge in [-0.3, -0.25) is 0 Å². The molecule has 0 aliphatic carbocycles. The van der Waals surface area contributed by atoms with E-state index in [1.54, 1.807) is 24.3 Å². The molecule has 6 heteroatoms. The fourth-order valence-electron chi connectivity index (χ4n) is 1.63. The molecule has 6 nitrogen and oxygen atoms in total. The third-order valence-electron chi connectivity index (χ3n) is 2.31. The minimum absolute atomic E-state index is 0.327. The van der Waals surface area contributed by atoms with Crippen molar-refractivity contribution in [1.82, 2.24) is 5.01 Å². The number of nitrogens with zero attached hydrogens (tertiary/aromatic N) is 2. The van der Waals surface area contributed by atoms with Gasteiger partial charge in [0.25, 0.3) is 0 Å². The van der Waals surface area contributed by atoms with Gasteiger partial charge in [0.05, 0.1) is 0 Å². The van der Waals surface area contributed by atoms with E-state index in [-0.39, 0.29) is 5.90 Å². The fourth-order valence-corrected chi connectivity index (χ4v) is 1.63. The van der Waals surface area contributed by atoms with Crippen molar-refractivity contribution < 1.29 is 19.7 Å². The number of carbonyl (C=O) groups is 1. The number of amides is 1. The summed E-state index contributed by atoms with van der Waals surface area (Å²) in [4.78, 5) is 10.9. The summed E-state index contributed by atoms with van der Waals surface area (Å²) in [6.45, 7) is 0. The van der Waals surface area contributed by atoms with Crippen LogP contribution in [0, 0.1) is 0 Å².